The lowest BCUT2D eigenvalue weighted by atomic mass is 10.0. The van der Waals surface area contributed by atoms with E-state index >= 15 is 0 Å². The number of nitrogens with two attached hydrogens (primary N) is 1. The Hall–Kier alpha value is -2.85. The molecule has 1 saturated heterocycles. The topological polar surface area (TPSA) is 115 Å². The first kappa shape index (κ1) is 19.9. The molecule has 2 amide bonds. The summed E-state index contributed by atoms with van der Waals surface area (Å²) in [6.45, 7) is 2.64. The van der Waals surface area contributed by atoms with Crippen LogP contribution in [0.2, 0.25) is 0 Å². The predicted molar refractivity (Wildman–Crippen MR) is 108 cm³/mol. The van der Waals surface area contributed by atoms with Crippen LogP contribution in [0.1, 0.15) is 44.6 Å². The second-order valence-corrected chi connectivity index (χ2v) is 7.36. The molecule has 0 saturated carbocycles. The Morgan fingerprint density at radius 1 is 1.46 bits per heavy atom. The molecule has 0 aliphatic carbocycles. The summed E-state index contributed by atoms with van der Waals surface area (Å²) < 4.78 is 0. The van der Waals surface area contributed by atoms with Gasteiger partial charge in [-0.25, -0.2) is 0 Å². The minimum atomic E-state index is -0.698. The van der Waals surface area contributed by atoms with Crippen LogP contribution in [0.3, 0.4) is 0 Å². The molecule has 7 nitrogen and oxygen atoms in total. The van der Waals surface area contributed by atoms with Gasteiger partial charge in [0.25, 0.3) is 0 Å². The number of benzene rings is 1. The first-order valence-corrected chi connectivity index (χ1v) is 9.89. The normalized spacial score (nSPS) is 17.5. The number of carbonyl (C=O) groups excluding carboxylic acids is 2. The second-order valence-electron chi connectivity index (χ2n) is 7.36. The molecule has 0 bridgehead atoms. The van der Waals surface area contributed by atoms with Crippen molar-refractivity contribution in [2.75, 3.05) is 11.9 Å². The van der Waals surface area contributed by atoms with Gasteiger partial charge in [-0.05, 0) is 49.4 Å². The van der Waals surface area contributed by atoms with E-state index < -0.39 is 6.04 Å². The molecule has 4 N–H and O–H groups in total. The number of hydrogen-bond donors (Lipinski definition) is 3. The van der Waals surface area contributed by atoms with E-state index in [1.165, 1.54) is 0 Å². The maximum Gasteiger partial charge on any atom is 0.240 e. The van der Waals surface area contributed by atoms with Crippen molar-refractivity contribution in [2.24, 2.45) is 5.73 Å². The summed E-state index contributed by atoms with van der Waals surface area (Å²) in [4.78, 5) is 29.4. The quantitative estimate of drug-likeness (QED) is 0.684. The van der Waals surface area contributed by atoms with Gasteiger partial charge in [-0.3, -0.25) is 9.59 Å². The van der Waals surface area contributed by atoms with Crippen molar-refractivity contribution in [3.8, 4) is 6.07 Å². The second kappa shape index (κ2) is 8.89. The van der Waals surface area contributed by atoms with Crippen LogP contribution in [0.15, 0.2) is 24.4 Å². The Labute approximate surface area is 164 Å². The van der Waals surface area contributed by atoms with Gasteiger partial charge in [0.05, 0.1) is 12.1 Å². The van der Waals surface area contributed by atoms with Gasteiger partial charge in [0.1, 0.15) is 6.04 Å². The van der Waals surface area contributed by atoms with Crippen LogP contribution in [0.25, 0.3) is 10.9 Å². The van der Waals surface area contributed by atoms with Crippen LogP contribution in [-0.4, -0.2) is 40.3 Å². The average Bonchev–Trinajstić information content (AvgIpc) is 3.32. The maximum absolute atomic E-state index is 12.7. The molecule has 0 spiro atoms. The van der Waals surface area contributed by atoms with Crippen molar-refractivity contribution in [1.82, 2.24) is 9.88 Å². The van der Waals surface area contributed by atoms with Crippen LogP contribution in [0.5, 0.6) is 0 Å². The molecule has 1 aliphatic rings. The minimum absolute atomic E-state index is 0.00161. The number of likely N-dealkylation sites (tertiary alicyclic amines) is 1. The number of nitrogens with zero attached hydrogens (tertiary/aromatic N) is 2. The van der Waals surface area contributed by atoms with E-state index in [1.54, 1.807) is 4.90 Å². The zero-order valence-electron chi connectivity index (χ0n) is 16.2. The highest BCUT2D eigenvalue weighted by atomic mass is 16.2. The van der Waals surface area contributed by atoms with E-state index in [4.69, 9.17) is 5.73 Å². The molecule has 1 aromatic carbocycles. The third kappa shape index (κ3) is 4.34. The molecule has 2 heterocycles. The molecule has 1 aliphatic heterocycles. The van der Waals surface area contributed by atoms with Crippen molar-refractivity contribution < 1.29 is 9.59 Å². The molecule has 1 aromatic heterocycles. The van der Waals surface area contributed by atoms with Gasteiger partial charge >= 0.3 is 0 Å². The highest BCUT2D eigenvalue weighted by Crippen LogP contribution is 2.25. The molecule has 2 unspecified atom stereocenters. The molecule has 0 radical (unpaired) electrons. The fourth-order valence-corrected chi connectivity index (χ4v) is 3.69. The highest BCUT2D eigenvalue weighted by molar-refractivity contribution is 5.95. The monoisotopic (exact) mass is 381 g/mol. The zero-order valence-corrected chi connectivity index (χ0v) is 16.2. The van der Waals surface area contributed by atoms with Gasteiger partial charge in [-0.1, -0.05) is 13.3 Å². The number of hydrogen-bond acceptors (Lipinski definition) is 4. The van der Waals surface area contributed by atoms with E-state index in [-0.39, 0.29) is 17.9 Å². The minimum Gasteiger partial charge on any atom is -0.361 e. The number of aromatic nitrogens is 1. The van der Waals surface area contributed by atoms with Crippen LogP contribution in [0, 0.1) is 11.3 Å². The number of fused-ring (bicyclic) bond motifs is 1. The fourth-order valence-electron chi connectivity index (χ4n) is 3.69. The number of nitrogens with one attached hydrogen (secondary N) is 2. The average molecular weight is 381 g/mol. The van der Waals surface area contributed by atoms with Gasteiger partial charge in [-0.15, -0.1) is 0 Å². The molecule has 3 rings (SSSR count). The number of anilines is 1. The lowest BCUT2D eigenvalue weighted by Crippen LogP contribution is -2.46. The smallest absolute Gasteiger partial charge is 0.240 e. The highest BCUT2D eigenvalue weighted by Gasteiger charge is 2.31. The van der Waals surface area contributed by atoms with Gasteiger partial charge in [-0.2, -0.15) is 5.26 Å². The third-order valence-corrected chi connectivity index (χ3v) is 5.25. The van der Waals surface area contributed by atoms with Gasteiger partial charge < -0.3 is 20.9 Å². The Morgan fingerprint density at radius 2 is 2.29 bits per heavy atom. The summed E-state index contributed by atoms with van der Waals surface area (Å²) in [5.74, 6) is -0.177. The third-order valence-electron chi connectivity index (χ3n) is 5.25. The number of aromatic amines is 1. The van der Waals surface area contributed by atoms with Crippen LogP contribution in [-0.2, 0) is 16.0 Å². The van der Waals surface area contributed by atoms with E-state index in [0.717, 1.165) is 41.4 Å². The number of unbranched alkanes of at least 4 members (excludes halogenated alkanes) is 1. The van der Waals surface area contributed by atoms with E-state index in [0.29, 0.717) is 25.8 Å². The summed E-state index contributed by atoms with van der Waals surface area (Å²) in [5, 5.41) is 13.1. The molecule has 2 atom stereocenters. The molecule has 28 heavy (non-hydrogen) atoms. The Bertz CT molecular complexity index is 898. The number of H-pyrrole nitrogens is 1. The summed E-state index contributed by atoms with van der Waals surface area (Å²) in [5.41, 5.74) is 8.77. The van der Waals surface area contributed by atoms with E-state index in [9.17, 15) is 14.9 Å². The predicted octanol–water partition coefficient (Wildman–Crippen LogP) is 2.68. The number of rotatable bonds is 7. The van der Waals surface area contributed by atoms with Crippen LogP contribution < -0.4 is 11.1 Å². The standard InChI is InChI=1S/C21H27N5O2/c1-2-3-6-20(27)25-15-7-8-19-17(11-15)14(13-24-19)10-18(23)21(28)26-9-4-5-16(26)12-22/h7-8,11,13,16,18,24H,2-6,9-10,23H2,1H3,(H,25,27). The van der Waals surface area contributed by atoms with E-state index in [1.807, 2.05) is 24.4 Å². The van der Waals surface area contributed by atoms with Gasteiger partial charge in [0.2, 0.25) is 11.8 Å². The zero-order chi connectivity index (χ0) is 20.1. The maximum atomic E-state index is 12.7. The summed E-state index contributed by atoms with van der Waals surface area (Å²) in [7, 11) is 0. The van der Waals surface area contributed by atoms with Crippen molar-refractivity contribution in [2.45, 2.75) is 57.5 Å². The number of nitriles is 1. The molecule has 148 valence electrons. The Balaban J connectivity index is 1.72. The van der Waals surface area contributed by atoms with E-state index in [2.05, 4.69) is 23.3 Å². The molecular weight excluding hydrogens is 354 g/mol. The van der Waals surface area contributed by atoms with Crippen molar-refractivity contribution >= 4 is 28.4 Å². The first-order chi connectivity index (χ1) is 13.5. The van der Waals surface area contributed by atoms with Crippen molar-refractivity contribution in [3.05, 3.63) is 30.0 Å². The number of amides is 2. The lowest BCUT2D eigenvalue weighted by molar-refractivity contribution is -0.132. The summed E-state index contributed by atoms with van der Waals surface area (Å²) >= 11 is 0. The molecule has 2 aromatic rings. The largest absolute Gasteiger partial charge is 0.361 e. The van der Waals surface area contributed by atoms with Gasteiger partial charge in [0.15, 0.2) is 0 Å². The van der Waals surface area contributed by atoms with Crippen molar-refractivity contribution in [1.29, 1.82) is 5.26 Å². The van der Waals surface area contributed by atoms with Gasteiger partial charge in [0, 0.05) is 35.8 Å². The molecular formula is C21H27N5O2. The summed E-state index contributed by atoms with van der Waals surface area (Å²) in [6, 6.07) is 6.80. The fraction of sp³-hybridized carbons (Fsp3) is 0.476. The van der Waals surface area contributed by atoms with Crippen LogP contribution in [0.4, 0.5) is 5.69 Å². The first-order valence-electron chi connectivity index (χ1n) is 9.89. The SMILES string of the molecule is CCCCC(=O)Nc1ccc2[nH]cc(CC(N)C(=O)N3CCCC3C#N)c2c1. The lowest BCUT2D eigenvalue weighted by Gasteiger charge is -2.23. The molecule has 7 heteroatoms. The summed E-state index contributed by atoms with van der Waals surface area (Å²) in [6.07, 6.45) is 6.12. The Kier molecular flexibility index (Phi) is 6.32. The van der Waals surface area contributed by atoms with Crippen molar-refractivity contribution in [3.63, 3.8) is 0 Å². The van der Waals surface area contributed by atoms with Crippen LogP contribution >= 0.6 is 0 Å². The number of carbonyl (C=O) groups is 2. The molecule has 1 fully saturated rings. The Morgan fingerprint density at radius 3 is 3.04 bits per heavy atom.